The van der Waals surface area contributed by atoms with Crippen molar-refractivity contribution in [1.29, 1.82) is 0 Å². The second-order valence-corrected chi connectivity index (χ2v) is 6.69. The van der Waals surface area contributed by atoms with Crippen LogP contribution in [0.3, 0.4) is 0 Å². The minimum Gasteiger partial charge on any atom is -0.507 e. The molecule has 0 fully saturated rings. The number of phenols is 2. The topological polar surface area (TPSA) is 53.4 Å². The Hall–Kier alpha value is -3.42. The summed E-state index contributed by atoms with van der Waals surface area (Å²) in [5, 5.41) is 21.5. The van der Waals surface area contributed by atoms with Crippen LogP contribution in [-0.4, -0.2) is 15.2 Å². The van der Waals surface area contributed by atoms with Gasteiger partial charge < -0.3 is 15.2 Å². The molecule has 0 atom stereocenters. The van der Waals surface area contributed by atoms with Crippen LogP contribution in [0, 0.1) is 6.07 Å². The molecule has 156 valence electrons. The summed E-state index contributed by atoms with van der Waals surface area (Å²) in [6.45, 7) is 0. The van der Waals surface area contributed by atoms with Gasteiger partial charge in [0.05, 0.1) is 0 Å². The van der Waals surface area contributed by atoms with Gasteiger partial charge >= 0.3 is 0 Å². The first-order valence-electron chi connectivity index (χ1n) is 9.61. The van der Waals surface area contributed by atoms with Crippen LogP contribution in [-0.2, 0) is 21.1 Å². The Balaban J connectivity index is 0.000000172. The van der Waals surface area contributed by atoms with E-state index in [0.29, 0.717) is 11.1 Å². The fourth-order valence-electron chi connectivity index (χ4n) is 3.28. The molecule has 0 bridgehead atoms. The molecular weight excluding hydrogens is 565 g/mol. The molecule has 0 saturated heterocycles. The molecule has 0 amide bonds. The molecule has 31 heavy (non-hydrogen) atoms. The second kappa shape index (κ2) is 10.6. The molecule has 0 aliphatic rings. The summed E-state index contributed by atoms with van der Waals surface area (Å²) in [6, 6.07) is 35.3. The quantitative estimate of drug-likeness (QED) is 0.234. The number of phenolic OH excluding ortho intramolecular Hbond substituents is 2. The standard InChI is InChI=1S/C15H10N.C12H10O2.Pt/c1-2-7-13(8-3-1)15-14-9-5-4-6-12(14)10-11-16-15;13-11-7-3-1-5-9(11)10-6-2-4-8-12(10)14;/h1-7,9-11H;1-8,13-14H;/q-1;;. The van der Waals surface area contributed by atoms with Crippen LogP contribution in [0.1, 0.15) is 0 Å². The summed E-state index contributed by atoms with van der Waals surface area (Å²) >= 11 is 0. The van der Waals surface area contributed by atoms with Crippen molar-refractivity contribution in [3.63, 3.8) is 0 Å². The third kappa shape index (κ3) is 5.20. The van der Waals surface area contributed by atoms with Gasteiger partial charge in [-0.25, -0.2) is 0 Å². The first-order valence-corrected chi connectivity index (χ1v) is 9.61. The summed E-state index contributed by atoms with van der Waals surface area (Å²) in [6.07, 6.45) is 1.85. The molecule has 1 heterocycles. The molecule has 0 spiro atoms. The molecule has 3 nitrogen and oxygen atoms in total. The van der Waals surface area contributed by atoms with Crippen LogP contribution in [0.25, 0.3) is 33.2 Å². The van der Waals surface area contributed by atoms with Gasteiger partial charge in [-0.05, 0) is 34.7 Å². The second-order valence-electron chi connectivity index (χ2n) is 6.69. The van der Waals surface area contributed by atoms with Crippen molar-refractivity contribution in [3.8, 4) is 33.9 Å². The van der Waals surface area contributed by atoms with E-state index in [1.54, 1.807) is 36.4 Å². The van der Waals surface area contributed by atoms with Crippen molar-refractivity contribution >= 4 is 10.8 Å². The molecular formula is C27H20NO2Pt-. The molecule has 4 aromatic carbocycles. The van der Waals surface area contributed by atoms with E-state index in [1.807, 2.05) is 60.8 Å². The average Bonchev–Trinajstić information content (AvgIpc) is 2.81. The number of aromatic hydroxyl groups is 2. The molecule has 0 aliphatic heterocycles. The van der Waals surface area contributed by atoms with E-state index < -0.39 is 0 Å². The third-order valence-corrected chi connectivity index (χ3v) is 4.74. The summed E-state index contributed by atoms with van der Waals surface area (Å²) in [5.74, 6) is 0.350. The Morgan fingerprint density at radius 3 is 1.81 bits per heavy atom. The van der Waals surface area contributed by atoms with E-state index in [9.17, 15) is 10.2 Å². The van der Waals surface area contributed by atoms with Crippen molar-refractivity contribution in [3.05, 3.63) is 115 Å². The van der Waals surface area contributed by atoms with E-state index in [4.69, 9.17) is 0 Å². The summed E-state index contributed by atoms with van der Waals surface area (Å²) < 4.78 is 0. The first-order chi connectivity index (χ1) is 14.7. The fraction of sp³-hybridized carbons (Fsp3) is 0. The van der Waals surface area contributed by atoms with Crippen molar-refractivity contribution in [2.24, 2.45) is 0 Å². The molecule has 0 aliphatic carbocycles. The van der Waals surface area contributed by atoms with Crippen molar-refractivity contribution < 1.29 is 31.3 Å². The number of para-hydroxylation sites is 2. The van der Waals surface area contributed by atoms with E-state index in [2.05, 4.69) is 23.2 Å². The number of fused-ring (bicyclic) bond motifs is 1. The predicted molar refractivity (Wildman–Crippen MR) is 121 cm³/mol. The van der Waals surface area contributed by atoms with Crippen LogP contribution in [0.2, 0.25) is 0 Å². The fourth-order valence-corrected chi connectivity index (χ4v) is 3.28. The Labute approximate surface area is 195 Å². The van der Waals surface area contributed by atoms with Gasteiger partial charge in [0.1, 0.15) is 11.5 Å². The van der Waals surface area contributed by atoms with E-state index in [0.717, 1.165) is 11.3 Å². The Kier molecular flexibility index (Phi) is 7.59. The maximum atomic E-state index is 9.58. The minimum atomic E-state index is 0. The Morgan fingerprint density at radius 1 is 0.613 bits per heavy atom. The van der Waals surface area contributed by atoms with Crippen molar-refractivity contribution in [2.75, 3.05) is 0 Å². The van der Waals surface area contributed by atoms with Gasteiger partial charge in [-0.1, -0.05) is 60.7 Å². The first kappa shape index (κ1) is 22.3. The number of pyridine rings is 1. The van der Waals surface area contributed by atoms with Gasteiger partial charge in [-0.3, -0.25) is 0 Å². The van der Waals surface area contributed by atoms with Gasteiger partial charge in [0.25, 0.3) is 0 Å². The van der Waals surface area contributed by atoms with Gasteiger partial charge in [-0.2, -0.15) is 0 Å². The third-order valence-electron chi connectivity index (χ3n) is 4.74. The number of nitrogens with zero attached hydrogens (tertiary/aromatic N) is 1. The van der Waals surface area contributed by atoms with Crippen molar-refractivity contribution in [1.82, 2.24) is 4.98 Å². The molecule has 0 radical (unpaired) electrons. The smallest absolute Gasteiger partial charge is 0.123 e. The number of aromatic nitrogens is 1. The molecule has 5 rings (SSSR count). The van der Waals surface area contributed by atoms with Crippen molar-refractivity contribution in [2.45, 2.75) is 0 Å². The molecule has 5 aromatic rings. The maximum absolute atomic E-state index is 9.58. The number of hydrogen-bond acceptors (Lipinski definition) is 3. The SMILES string of the molecule is Oc1ccccc1-c1ccccc1O.[Pt].[c-]1ccccc1-c1nccc2ccccc12. The largest absolute Gasteiger partial charge is 0.507 e. The molecule has 4 heteroatoms. The number of rotatable bonds is 2. The normalized spacial score (nSPS) is 9.94. The van der Waals surface area contributed by atoms with Gasteiger partial charge in [0.15, 0.2) is 0 Å². The summed E-state index contributed by atoms with van der Waals surface area (Å²) in [7, 11) is 0. The predicted octanol–water partition coefficient (Wildman–Crippen LogP) is 6.46. The van der Waals surface area contributed by atoms with Crippen LogP contribution in [0.5, 0.6) is 11.5 Å². The van der Waals surface area contributed by atoms with Crippen LogP contribution >= 0.6 is 0 Å². The van der Waals surface area contributed by atoms with Gasteiger partial charge in [0.2, 0.25) is 0 Å². The number of hydrogen-bond donors (Lipinski definition) is 2. The van der Waals surface area contributed by atoms with Gasteiger partial charge in [0, 0.05) is 38.4 Å². The van der Waals surface area contributed by atoms with Gasteiger partial charge in [-0.15, -0.1) is 35.9 Å². The zero-order valence-corrected chi connectivity index (χ0v) is 18.8. The maximum Gasteiger partial charge on any atom is 0.123 e. The van der Waals surface area contributed by atoms with Crippen LogP contribution < -0.4 is 0 Å². The molecule has 1 aromatic heterocycles. The van der Waals surface area contributed by atoms with E-state index >= 15 is 0 Å². The molecule has 2 N–H and O–H groups in total. The monoisotopic (exact) mass is 585 g/mol. The molecule has 0 saturated carbocycles. The molecule has 0 unspecified atom stereocenters. The van der Waals surface area contributed by atoms with Crippen LogP contribution in [0.15, 0.2) is 109 Å². The number of benzene rings is 4. The minimum absolute atomic E-state index is 0. The van der Waals surface area contributed by atoms with E-state index in [1.165, 1.54) is 10.8 Å². The average molecular weight is 586 g/mol. The zero-order valence-electron chi connectivity index (χ0n) is 16.6. The zero-order chi connectivity index (χ0) is 20.8. The Morgan fingerprint density at radius 2 is 1.19 bits per heavy atom. The summed E-state index contributed by atoms with van der Waals surface area (Å²) in [5.41, 5.74) is 3.33. The summed E-state index contributed by atoms with van der Waals surface area (Å²) in [4.78, 5) is 4.45. The van der Waals surface area contributed by atoms with Crippen LogP contribution in [0.4, 0.5) is 0 Å². The Bertz CT molecular complexity index is 1220. The van der Waals surface area contributed by atoms with E-state index in [-0.39, 0.29) is 32.6 Å².